The first kappa shape index (κ1) is 28.5. The smallest absolute Gasteiger partial charge is 0.408 e. The fraction of sp³-hybridized carbons (Fsp3) is 0.643. The maximum atomic E-state index is 13.1. The molecule has 9 heteroatoms. The molecule has 1 aliphatic carbocycles. The van der Waals surface area contributed by atoms with Gasteiger partial charge in [-0.3, -0.25) is 9.59 Å². The monoisotopic (exact) mass is 515 g/mol. The molecule has 0 aromatic heterocycles. The summed E-state index contributed by atoms with van der Waals surface area (Å²) in [6.45, 7) is 4.34. The molecule has 3 rings (SSSR count). The molecule has 1 aliphatic heterocycles. The predicted molar refractivity (Wildman–Crippen MR) is 139 cm³/mol. The highest BCUT2D eigenvalue weighted by atomic mass is 16.6. The number of nitrogens with one attached hydrogen (secondary N) is 3. The van der Waals surface area contributed by atoms with Gasteiger partial charge in [0.1, 0.15) is 18.2 Å². The van der Waals surface area contributed by atoms with Crippen molar-refractivity contribution < 1.29 is 29.0 Å². The van der Waals surface area contributed by atoms with Crippen LogP contribution in [0.25, 0.3) is 0 Å². The number of carbonyl (C=O) groups excluding carboxylic acids is 3. The van der Waals surface area contributed by atoms with Crippen LogP contribution < -0.4 is 16.0 Å². The summed E-state index contributed by atoms with van der Waals surface area (Å²) in [5.74, 6) is -2.14. The van der Waals surface area contributed by atoms with Crippen molar-refractivity contribution in [3.05, 3.63) is 35.9 Å². The van der Waals surface area contributed by atoms with E-state index in [0.29, 0.717) is 25.8 Å². The van der Waals surface area contributed by atoms with Crippen LogP contribution in [-0.2, 0) is 25.5 Å². The van der Waals surface area contributed by atoms with Crippen molar-refractivity contribution in [2.75, 3.05) is 6.54 Å². The van der Waals surface area contributed by atoms with Crippen molar-refractivity contribution in [1.82, 2.24) is 16.0 Å². The van der Waals surface area contributed by atoms with Gasteiger partial charge in [0.25, 0.3) is 0 Å². The molecule has 1 heterocycles. The highest BCUT2D eigenvalue weighted by Gasteiger charge is 2.34. The maximum absolute atomic E-state index is 13.1. The molecule has 0 bridgehead atoms. The zero-order valence-corrected chi connectivity index (χ0v) is 21.9. The number of ether oxygens (including phenoxy) is 1. The molecule has 1 aromatic carbocycles. The van der Waals surface area contributed by atoms with E-state index in [0.717, 1.165) is 31.2 Å². The zero-order chi connectivity index (χ0) is 26.8. The largest absolute Gasteiger partial charge is 0.480 e. The van der Waals surface area contributed by atoms with E-state index in [4.69, 9.17) is 4.74 Å². The number of hydrogen-bond acceptors (Lipinski definition) is 5. The Morgan fingerprint density at radius 2 is 1.73 bits per heavy atom. The van der Waals surface area contributed by atoms with Crippen LogP contribution in [-0.4, -0.2) is 53.7 Å². The molecule has 37 heavy (non-hydrogen) atoms. The number of carboxylic acids is 1. The average molecular weight is 516 g/mol. The molecule has 3 unspecified atom stereocenters. The van der Waals surface area contributed by atoms with E-state index >= 15 is 0 Å². The predicted octanol–water partition coefficient (Wildman–Crippen LogP) is 3.41. The third-order valence-electron chi connectivity index (χ3n) is 7.33. The highest BCUT2D eigenvalue weighted by molar-refractivity contribution is 5.90. The number of alkyl carbamates (subject to hydrolysis) is 1. The Bertz CT molecular complexity index is 916. The lowest BCUT2D eigenvalue weighted by Crippen LogP contribution is -2.53. The van der Waals surface area contributed by atoms with Gasteiger partial charge in [-0.25, -0.2) is 9.59 Å². The van der Waals surface area contributed by atoms with Crippen molar-refractivity contribution >= 4 is 23.9 Å². The Morgan fingerprint density at radius 3 is 2.32 bits per heavy atom. The summed E-state index contributed by atoms with van der Waals surface area (Å²) >= 11 is 0. The van der Waals surface area contributed by atoms with Gasteiger partial charge < -0.3 is 25.8 Å². The molecule has 2 aliphatic rings. The Kier molecular flexibility index (Phi) is 10.8. The lowest BCUT2D eigenvalue weighted by atomic mass is 9.83. The molecule has 9 nitrogen and oxygen atoms in total. The summed E-state index contributed by atoms with van der Waals surface area (Å²) in [7, 11) is 0. The lowest BCUT2D eigenvalue weighted by Gasteiger charge is -2.31. The second-order valence-electron chi connectivity index (χ2n) is 10.8. The first-order valence-electron chi connectivity index (χ1n) is 13.5. The van der Waals surface area contributed by atoms with E-state index in [2.05, 4.69) is 16.0 Å². The Hall–Kier alpha value is -3.10. The minimum absolute atomic E-state index is 0.00653. The van der Waals surface area contributed by atoms with Gasteiger partial charge in [-0.2, -0.15) is 0 Å². The van der Waals surface area contributed by atoms with Gasteiger partial charge in [0.05, 0.1) is 0 Å². The van der Waals surface area contributed by atoms with Crippen LogP contribution in [0.3, 0.4) is 0 Å². The quantitative estimate of drug-likeness (QED) is 0.337. The van der Waals surface area contributed by atoms with Crippen molar-refractivity contribution in [3.8, 4) is 0 Å². The van der Waals surface area contributed by atoms with Gasteiger partial charge in [0.2, 0.25) is 11.8 Å². The lowest BCUT2D eigenvalue weighted by molar-refractivity contribution is -0.143. The number of benzene rings is 1. The van der Waals surface area contributed by atoms with E-state index < -0.39 is 36.0 Å². The van der Waals surface area contributed by atoms with Crippen LogP contribution in [0.2, 0.25) is 0 Å². The van der Waals surface area contributed by atoms with E-state index in [1.54, 1.807) is 0 Å². The Balaban J connectivity index is 1.65. The first-order valence-corrected chi connectivity index (χ1v) is 13.5. The van der Waals surface area contributed by atoms with Crippen LogP contribution in [0.4, 0.5) is 4.79 Å². The van der Waals surface area contributed by atoms with E-state index in [1.165, 1.54) is 6.42 Å². The summed E-state index contributed by atoms with van der Waals surface area (Å²) < 4.78 is 5.93. The van der Waals surface area contributed by atoms with Crippen LogP contribution in [0, 0.1) is 17.8 Å². The molecular formula is C28H41N3O6. The molecule has 4 atom stereocenters. The molecule has 1 saturated carbocycles. The van der Waals surface area contributed by atoms with Crippen LogP contribution in [0.1, 0.15) is 70.8 Å². The molecule has 0 spiro atoms. The summed E-state index contributed by atoms with van der Waals surface area (Å²) in [5.41, 5.74) is 1.09. The minimum Gasteiger partial charge on any atom is -0.480 e. The molecular weight excluding hydrogens is 474 g/mol. The molecule has 2 fully saturated rings. The fourth-order valence-corrected chi connectivity index (χ4v) is 5.32. The zero-order valence-electron chi connectivity index (χ0n) is 21.9. The normalized spacial score (nSPS) is 20.5. The van der Waals surface area contributed by atoms with Gasteiger partial charge >= 0.3 is 12.1 Å². The number of amides is 3. The van der Waals surface area contributed by atoms with Gasteiger partial charge in [0, 0.05) is 18.9 Å². The van der Waals surface area contributed by atoms with Crippen LogP contribution in [0.15, 0.2) is 30.3 Å². The summed E-state index contributed by atoms with van der Waals surface area (Å²) in [6.07, 6.45) is 5.87. The average Bonchev–Trinajstić information content (AvgIpc) is 3.27. The van der Waals surface area contributed by atoms with E-state index in [-0.39, 0.29) is 30.3 Å². The van der Waals surface area contributed by atoms with Gasteiger partial charge in [-0.15, -0.1) is 0 Å². The van der Waals surface area contributed by atoms with E-state index in [1.807, 2.05) is 44.2 Å². The maximum Gasteiger partial charge on any atom is 0.408 e. The van der Waals surface area contributed by atoms with Crippen LogP contribution >= 0.6 is 0 Å². The number of carbonyl (C=O) groups is 4. The minimum atomic E-state index is -1.22. The van der Waals surface area contributed by atoms with Crippen molar-refractivity contribution in [3.63, 3.8) is 0 Å². The molecule has 204 valence electrons. The Morgan fingerprint density at radius 1 is 1.03 bits per heavy atom. The summed E-state index contributed by atoms with van der Waals surface area (Å²) in [6, 6.07) is 7.74. The Labute approximate surface area is 219 Å². The van der Waals surface area contributed by atoms with E-state index in [9.17, 15) is 24.3 Å². The number of carboxylic acid groups (broad SMARTS) is 1. The SMILES string of the molecule is CC(C)CC(NC(=O)OC(Cc1ccccc1)C1CCCCC1)C(=O)NC(C[C@@H]1CCNC1=O)C(=O)O. The van der Waals surface area contributed by atoms with Gasteiger partial charge in [-0.05, 0) is 49.5 Å². The van der Waals surface area contributed by atoms with Gasteiger partial charge in [0.15, 0.2) is 0 Å². The fourth-order valence-electron chi connectivity index (χ4n) is 5.32. The second-order valence-corrected chi connectivity index (χ2v) is 10.8. The van der Waals surface area contributed by atoms with Crippen molar-refractivity contribution in [2.45, 2.75) is 89.8 Å². The first-order chi connectivity index (χ1) is 17.7. The summed E-state index contributed by atoms with van der Waals surface area (Å²) in [4.78, 5) is 49.9. The molecule has 1 aromatic rings. The second kappa shape index (κ2) is 14.0. The summed E-state index contributed by atoms with van der Waals surface area (Å²) in [5, 5.41) is 17.6. The third kappa shape index (κ3) is 9.05. The molecule has 1 saturated heterocycles. The molecule has 3 amide bonds. The molecule has 4 N–H and O–H groups in total. The number of rotatable bonds is 12. The standard InChI is InChI=1S/C28H41N3O6/c1-18(2)15-22(26(33)30-23(27(34)35)17-21-13-14-29-25(21)32)31-28(36)37-24(20-11-7-4-8-12-20)16-19-9-5-3-6-10-19/h3,5-6,9-10,18,20-24H,4,7-8,11-17H2,1-2H3,(H,29,32)(H,30,33)(H,31,36)(H,34,35)/t21-,22?,23?,24?/m0/s1. The highest BCUT2D eigenvalue weighted by Crippen LogP contribution is 2.30. The third-order valence-corrected chi connectivity index (χ3v) is 7.33. The van der Waals surface area contributed by atoms with Crippen LogP contribution in [0.5, 0.6) is 0 Å². The van der Waals surface area contributed by atoms with Crippen molar-refractivity contribution in [1.29, 1.82) is 0 Å². The number of aliphatic carboxylic acids is 1. The number of hydrogen-bond donors (Lipinski definition) is 4. The molecule has 0 radical (unpaired) electrons. The topological polar surface area (TPSA) is 134 Å². The van der Waals surface area contributed by atoms with Gasteiger partial charge in [-0.1, -0.05) is 63.4 Å². The van der Waals surface area contributed by atoms with Crippen molar-refractivity contribution in [2.24, 2.45) is 17.8 Å².